The molecule has 0 fully saturated rings. The molecular weight excluding hydrogens is 440 g/mol. The van der Waals surface area contributed by atoms with Crippen molar-refractivity contribution in [2.24, 2.45) is 0 Å². The molecule has 0 aliphatic heterocycles. The van der Waals surface area contributed by atoms with E-state index in [0.29, 0.717) is 23.6 Å². The minimum atomic E-state index is -0.487. The number of amides is 1. The Balaban J connectivity index is 1.68. The van der Waals surface area contributed by atoms with Crippen LogP contribution in [0.2, 0.25) is 0 Å². The van der Waals surface area contributed by atoms with E-state index in [1.54, 1.807) is 22.9 Å². The third-order valence-electron chi connectivity index (χ3n) is 5.31. The maximum atomic E-state index is 12.7. The van der Waals surface area contributed by atoms with Crippen molar-refractivity contribution < 1.29 is 13.9 Å². The number of aromatic nitrogens is 2. The van der Waals surface area contributed by atoms with Crippen molar-refractivity contribution in [3.8, 4) is 28.8 Å². The summed E-state index contributed by atoms with van der Waals surface area (Å²) in [6, 6.07) is 22.9. The Morgan fingerprint density at radius 1 is 1.17 bits per heavy atom. The van der Waals surface area contributed by atoms with Gasteiger partial charge in [-0.3, -0.25) is 4.79 Å². The quantitative estimate of drug-likeness (QED) is 0.188. The smallest absolute Gasteiger partial charge is 0.262 e. The Morgan fingerprint density at radius 2 is 2.03 bits per heavy atom. The second-order valence-electron chi connectivity index (χ2n) is 7.87. The van der Waals surface area contributed by atoms with Gasteiger partial charge in [-0.1, -0.05) is 43.7 Å². The monoisotopic (exact) mass is 466 g/mol. The summed E-state index contributed by atoms with van der Waals surface area (Å²) in [4.78, 5) is 12.7. The molecule has 0 aliphatic rings. The summed E-state index contributed by atoms with van der Waals surface area (Å²) in [5.41, 5.74) is 2.95. The van der Waals surface area contributed by atoms with E-state index in [-0.39, 0.29) is 12.1 Å². The van der Waals surface area contributed by atoms with Crippen LogP contribution < -0.4 is 10.1 Å². The summed E-state index contributed by atoms with van der Waals surface area (Å²) in [6.07, 6.45) is 6.93. The molecule has 2 heterocycles. The lowest BCUT2D eigenvalue weighted by molar-refractivity contribution is -0.117. The molecule has 176 valence electrons. The van der Waals surface area contributed by atoms with E-state index < -0.39 is 5.91 Å². The van der Waals surface area contributed by atoms with E-state index in [4.69, 9.17) is 14.3 Å². The average Bonchev–Trinajstić information content (AvgIpc) is 3.57. The molecule has 0 saturated carbocycles. The fraction of sp³-hybridized carbons (Fsp3) is 0.179. The third kappa shape index (κ3) is 6.06. The fourth-order valence-electron chi connectivity index (χ4n) is 3.48. The highest BCUT2D eigenvalue weighted by Gasteiger charge is 2.16. The van der Waals surface area contributed by atoms with Gasteiger partial charge in [0.05, 0.1) is 25.1 Å². The molecule has 1 amide bonds. The highest BCUT2D eigenvalue weighted by Crippen LogP contribution is 2.28. The van der Waals surface area contributed by atoms with Gasteiger partial charge in [0.2, 0.25) is 0 Å². The highest BCUT2D eigenvalue weighted by atomic mass is 16.5. The zero-order valence-electron chi connectivity index (χ0n) is 19.5. The number of rotatable bonds is 10. The molecule has 7 nitrogen and oxygen atoms in total. The second kappa shape index (κ2) is 11.5. The van der Waals surface area contributed by atoms with E-state index in [1.807, 2.05) is 66.9 Å². The van der Waals surface area contributed by atoms with Crippen molar-refractivity contribution in [3.05, 3.63) is 96.1 Å². The van der Waals surface area contributed by atoms with Gasteiger partial charge < -0.3 is 14.5 Å². The van der Waals surface area contributed by atoms with Crippen LogP contribution in [-0.4, -0.2) is 22.3 Å². The van der Waals surface area contributed by atoms with E-state index in [0.717, 1.165) is 29.8 Å². The molecular formula is C28H26N4O3. The molecule has 4 aromatic rings. The summed E-state index contributed by atoms with van der Waals surface area (Å²) in [7, 11) is 0. The van der Waals surface area contributed by atoms with Crippen molar-refractivity contribution in [1.82, 2.24) is 15.1 Å². The molecule has 7 heteroatoms. The summed E-state index contributed by atoms with van der Waals surface area (Å²) < 4.78 is 12.9. The van der Waals surface area contributed by atoms with E-state index in [2.05, 4.69) is 12.2 Å². The number of carbonyl (C=O) groups excluding carboxylic acids is 1. The first-order valence-electron chi connectivity index (χ1n) is 11.5. The van der Waals surface area contributed by atoms with Crippen LogP contribution in [0.5, 0.6) is 5.75 Å². The molecule has 0 unspecified atom stereocenters. The SMILES string of the molecule is CCCCOc1cccc(-c2nn(-c3ccccc3)cc2C=C(C#N)C(=O)NCc2ccco2)c1. The van der Waals surface area contributed by atoms with Crippen LogP contribution in [0.3, 0.4) is 0 Å². The molecule has 2 aromatic carbocycles. The van der Waals surface area contributed by atoms with Crippen molar-refractivity contribution in [2.75, 3.05) is 6.61 Å². The topological polar surface area (TPSA) is 93.1 Å². The summed E-state index contributed by atoms with van der Waals surface area (Å²) in [5, 5.41) is 17.2. The lowest BCUT2D eigenvalue weighted by atomic mass is 10.1. The molecule has 0 atom stereocenters. The van der Waals surface area contributed by atoms with Gasteiger partial charge in [0.25, 0.3) is 5.91 Å². The Morgan fingerprint density at radius 3 is 2.77 bits per heavy atom. The Kier molecular flexibility index (Phi) is 7.77. The van der Waals surface area contributed by atoms with Crippen molar-refractivity contribution in [1.29, 1.82) is 5.26 Å². The average molecular weight is 467 g/mol. The molecule has 2 aromatic heterocycles. The van der Waals surface area contributed by atoms with Gasteiger partial charge in [-0.05, 0) is 48.9 Å². The van der Waals surface area contributed by atoms with E-state index >= 15 is 0 Å². The summed E-state index contributed by atoms with van der Waals surface area (Å²) in [5.74, 6) is 0.865. The Labute approximate surface area is 204 Å². The Bertz CT molecular complexity index is 1330. The minimum Gasteiger partial charge on any atom is -0.494 e. The Hall–Kier alpha value is -4.57. The maximum absolute atomic E-state index is 12.7. The maximum Gasteiger partial charge on any atom is 0.262 e. The number of nitrogens with zero attached hydrogens (tertiary/aromatic N) is 3. The van der Waals surface area contributed by atoms with Gasteiger partial charge >= 0.3 is 0 Å². The molecule has 0 aliphatic carbocycles. The first kappa shape index (κ1) is 23.6. The molecule has 0 bridgehead atoms. The minimum absolute atomic E-state index is 0.0271. The summed E-state index contributed by atoms with van der Waals surface area (Å²) in [6.45, 7) is 2.95. The van der Waals surface area contributed by atoms with Crippen molar-refractivity contribution >= 4 is 12.0 Å². The molecule has 4 rings (SSSR count). The lowest BCUT2D eigenvalue weighted by Crippen LogP contribution is -2.23. The fourth-order valence-corrected chi connectivity index (χ4v) is 3.48. The molecule has 35 heavy (non-hydrogen) atoms. The van der Waals surface area contributed by atoms with Crippen molar-refractivity contribution in [2.45, 2.75) is 26.3 Å². The largest absolute Gasteiger partial charge is 0.494 e. The van der Waals surface area contributed by atoms with Gasteiger partial charge in [-0.25, -0.2) is 4.68 Å². The summed E-state index contributed by atoms with van der Waals surface area (Å²) >= 11 is 0. The predicted molar refractivity (Wildman–Crippen MR) is 134 cm³/mol. The zero-order chi connectivity index (χ0) is 24.5. The van der Waals surface area contributed by atoms with Crippen LogP contribution >= 0.6 is 0 Å². The number of nitriles is 1. The van der Waals surface area contributed by atoms with Crippen LogP contribution in [0.25, 0.3) is 23.0 Å². The van der Waals surface area contributed by atoms with E-state index in [9.17, 15) is 10.1 Å². The molecule has 0 radical (unpaired) electrons. The van der Waals surface area contributed by atoms with Gasteiger partial charge in [0.15, 0.2) is 0 Å². The molecule has 0 saturated heterocycles. The first-order valence-corrected chi connectivity index (χ1v) is 11.5. The van der Waals surface area contributed by atoms with Crippen LogP contribution in [-0.2, 0) is 11.3 Å². The standard InChI is InChI=1S/C28H26N4O3/c1-2-3-14-34-25-12-7-9-21(17-25)27-23(20-32(31-27)24-10-5-4-6-11-24)16-22(18-29)28(33)30-19-26-13-8-15-35-26/h4-13,15-17,20H,2-3,14,19H2,1H3,(H,30,33). The van der Waals surface area contributed by atoms with Crippen LogP contribution in [0, 0.1) is 11.3 Å². The molecule has 0 spiro atoms. The predicted octanol–water partition coefficient (Wildman–Crippen LogP) is 5.53. The van der Waals surface area contributed by atoms with Gasteiger partial charge in [-0.2, -0.15) is 10.4 Å². The number of ether oxygens (including phenoxy) is 1. The van der Waals surface area contributed by atoms with Crippen LogP contribution in [0.15, 0.2) is 89.2 Å². The van der Waals surface area contributed by atoms with Gasteiger partial charge in [0.1, 0.15) is 28.8 Å². The lowest BCUT2D eigenvalue weighted by Gasteiger charge is -2.07. The number of unbranched alkanes of at least 4 members (excludes halogenated alkanes) is 1. The number of benzene rings is 2. The molecule has 1 N–H and O–H groups in total. The first-order chi connectivity index (χ1) is 17.2. The van der Waals surface area contributed by atoms with Crippen LogP contribution in [0.4, 0.5) is 0 Å². The number of furan rings is 1. The van der Waals surface area contributed by atoms with Gasteiger partial charge in [-0.15, -0.1) is 0 Å². The van der Waals surface area contributed by atoms with Crippen LogP contribution in [0.1, 0.15) is 31.1 Å². The number of nitrogens with one attached hydrogen (secondary N) is 1. The number of para-hydroxylation sites is 1. The number of carbonyl (C=O) groups is 1. The van der Waals surface area contributed by atoms with Crippen molar-refractivity contribution in [3.63, 3.8) is 0 Å². The third-order valence-corrected chi connectivity index (χ3v) is 5.31. The normalized spacial score (nSPS) is 11.1. The van der Waals surface area contributed by atoms with Gasteiger partial charge in [0, 0.05) is 17.3 Å². The second-order valence-corrected chi connectivity index (χ2v) is 7.87. The van der Waals surface area contributed by atoms with E-state index in [1.165, 1.54) is 6.26 Å². The highest BCUT2D eigenvalue weighted by molar-refractivity contribution is 6.02. The zero-order valence-corrected chi connectivity index (χ0v) is 19.5. The number of hydrogen-bond donors (Lipinski definition) is 1. The number of hydrogen-bond acceptors (Lipinski definition) is 5.